The molecule has 0 unspecified atom stereocenters. The number of fused-ring (bicyclic) bond motifs is 3. The molecule has 18 heteroatoms. The summed E-state index contributed by atoms with van der Waals surface area (Å²) in [5, 5.41) is 19.5. The summed E-state index contributed by atoms with van der Waals surface area (Å²) in [6.45, 7) is 12.9. The normalized spacial score (nSPS) is 13.3. The Hall–Kier alpha value is -4.88. The van der Waals surface area contributed by atoms with Crippen molar-refractivity contribution in [2.75, 3.05) is 70.0 Å². The largest absolute Gasteiger partial charge is 0.379 e. The number of thiophene rings is 1. The van der Waals surface area contributed by atoms with E-state index in [0.717, 1.165) is 43.8 Å². The number of ether oxygens (including phenoxy) is 4. The molecular weight excluding hydrogens is 828 g/mol. The first kappa shape index (κ1) is 44.7. The summed E-state index contributed by atoms with van der Waals surface area (Å²) in [6, 6.07) is 13.9. The lowest BCUT2D eigenvalue weighted by atomic mass is 9.99. The van der Waals surface area contributed by atoms with Gasteiger partial charge in [-0.25, -0.2) is 4.98 Å². The maximum absolute atomic E-state index is 13.2. The second-order valence-corrected chi connectivity index (χ2v) is 16.7. The van der Waals surface area contributed by atoms with Crippen LogP contribution in [0.4, 0.5) is 10.8 Å². The highest BCUT2D eigenvalue weighted by molar-refractivity contribution is 7.16. The summed E-state index contributed by atoms with van der Waals surface area (Å²) in [4.78, 5) is 50.3. The van der Waals surface area contributed by atoms with E-state index in [0.29, 0.717) is 80.0 Å². The summed E-state index contributed by atoms with van der Waals surface area (Å²) < 4.78 is 24.3. The molecule has 3 aromatic heterocycles. The Morgan fingerprint density at radius 3 is 2.12 bits per heavy atom. The van der Waals surface area contributed by atoms with Crippen LogP contribution in [0.2, 0.25) is 5.02 Å². The zero-order valence-electron chi connectivity index (χ0n) is 34.3. The number of nitrogens with zero attached hydrogens (tertiary/aromatic N) is 5. The Balaban J connectivity index is 0.818. The van der Waals surface area contributed by atoms with Crippen molar-refractivity contribution in [3.8, 4) is 5.00 Å². The van der Waals surface area contributed by atoms with Gasteiger partial charge in [-0.3, -0.25) is 29.3 Å². The summed E-state index contributed by atoms with van der Waals surface area (Å²) in [5.74, 6) is 0.569. The number of aliphatic imine (C=N–C) groups is 1. The summed E-state index contributed by atoms with van der Waals surface area (Å²) in [6.07, 6.45) is 0.213. The number of benzene rings is 2. The second kappa shape index (κ2) is 21.6. The molecule has 0 bridgehead atoms. The topological polar surface area (TPSA) is 180 Å². The molecule has 4 heterocycles. The van der Waals surface area contributed by atoms with Gasteiger partial charge < -0.3 is 29.6 Å². The van der Waals surface area contributed by atoms with Crippen LogP contribution in [0.1, 0.15) is 73.0 Å². The molecule has 2 aromatic carbocycles. The van der Waals surface area contributed by atoms with Gasteiger partial charge in [-0.15, -0.1) is 32.9 Å². The molecule has 6 rings (SSSR count). The van der Waals surface area contributed by atoms with Crippen LogP contribution < -0.4 is 16.0 Å². The summed E-state index contributed by atoms with van der Waals surface area (Å²) in [7, 11) is 0. The first-order chi connectivity index (χ1) is 29.0. The van der Waals surface area contributed by atoms with Crippen LogP contribution in [0, 0.1) is 34.6 Å². The van der Waals surface area contributed by atoms with Crippen molar-refractivity contribution in [1.29, 1.82) is 0 Å². The van der Waals surface area contributed by atoms with Crippen LogP contribution in [-0.2, 0) is 28.5 Å². The molecule has 1 atom stereocenters. The minimum Gasteiger partial charge on any atom is -0.379 e. The SMILES string of the molecule is Cc1nc(NC(=O)c2ccccc2NC(=O)CCOCCOCCOCCOCCNC(=O)C[C@@H]2N=C(c3ccc(Cl)cc3)c3c(sc(C)c3C)-n3c(C)nnc32)sc1C. The van der Waals surface area contributed by atoms with Crippen molar-refractivity contribution in [2.45, 2.75) is 53.5 Å². The van der Waals surface area contributed by atoms with Crippen molar-refractivity contribution in [2.24, 2.45) is 4.99 Å². The first-order valence-corrected chi connectivity index (χ1v) is 21.6. The standard InChI is InChI=1S/C42H49ClN8O7S2/c1-25-27(3)59-41-37(25)38(30-10-12-31(43)13-11-30)47-34(39-50-49-29(5)51(39)41)24-36(53)44-15-17-56-19-21-58-23-22-57-20-18-55-16-14-35(52)46-33-9-7-6-8-32(33)40(54)48-42-45-26(2)28(4)60-42/h6-13,34H,14-24H2,1-5H3,(H,44,53)(H,46,52)(H,45,48,54)/t34-/m0/s1. The van der Waals surface area contributed by atoms with Gasteiger partial charge in [0.2, 0.25) is 11.8 Å². The Kier molecular flexibility index (Phi) is 16.1. The summed E-state index contributed by atoms with van der Waals surface area (Å²) in [5.41, 5.74) is 5.48. The Labute approximate surface area is 361 Å². The van der Waals surface area contributed by atoms with Crippen molar-refractivity contribution in [3.05, 3.63) is 103 Å². The Bertz CT molecular complexity index is 2290. The van der Waals surface area contributed by atoms with Crippen LogP contribution >= 0.6 is 34.3 Å². The number of anilines is 2. The molecule has 1 aliphatic heterocycles. The molecule has 60 heavy (non-hydrogen) atoms. The third-order valence-corrected chi connectivity index (χ3v) is 12.0. The lowest BCUT2D eigenvalue weighted by Crippen LogP contribution is -2.29. The first-order valence-electron chi connectivity index (χ1n) is 19.6. The lowest BCUT2D eigenvalue weighted by Gasteiger charge is -2.13. The van der Waals surface area contributed by atoms with E-state index in [1.54, 1.807) is 35.6 Å². The van der Waals surface area contributed by atoms with Crippen LogP contribution in [0.25, 0.3) is 5.00 Å². The van der Waals surface area contributed by atoms with Gasteiger partial charge in [-0.1, -0.05) is 35.9 Å². The monoisotopic (exact) mass is 876 g/mol. The zero-order chi connectivity index (χ0) is 42.6. The lowest BCUT2D eigenvalue weighted by molar-refractivity contribution is -0.121. The van der Waals surface area contributed by atoms with E-state index in [2.05, 4.69) is 45.0 Å². The average Bonchev–Trinajstić information content (AvgIpc) is 3.83. The average molecular weight is 877 g/mol. The highest BCUT2D eigenvalue weighted by Gasteiger charge is 2.32. The fourth-order valence-electron chi connectivity index (χ4n) is 6.26. The molecule has 0 fully saturated rings. The highest BCUT2D eigenvalue weighted by Crippen LogP contribution is 2.39. The number of aryl methyl sites for hydroxylation is 4. The number of rotatable bonds is 21. The number of aromatic nitrogens is 4. The smallest absolute Gasteiger partial charge is 0.259 e. The van der Waals surface area contributed by atoms with Gasteiger partial charge in [0.25, 0.3) is 5.91 Å². The van der Waals surface area contributed by atoms with Crippen molar-refractivity contribution >= 4 is 68.5 Å². The zero-order valence-corrected chi connectivity index (χ0v) is 36.7. The fourth-order valence-corrected chi connectivity index (χ4v) is 8.41. The third kappa shape index (κ3) is 11.7. The van der Waals surface area contributed by atoms with E-state index in [9.17, 15) is 14.4 Å². The molecule has 318 valence electrons. The Morgan fingerprint density at radius 2 is 1.43 bits per heavy atom. The van der Waals surface area contributed by atoms with Crippen LogP contribution in [0.15, 0.2) is 53.5 Å². The predicted octanol–water partition coefficient (Wildman–Crippen LogP) is 6.73. The molecule has 0 aliphatic carbocycles. The molecule has 3 amide bonds. The van der Waals surface area contributed by atoms with Gasteiger partial charge in [0, 0.05) is 32.4 Å². The number of carbonyl (C=O) groups is 3. The van der Waals surface area contributed by atoms with Gasteiger partial charge in [0.15, 0.2) is 11.0 Å². The summed E-state index contributed by atoms with van der Waals surface area (Å²) >= 11 is 9.28. The molecule has 0 radical (unpaired) electrons. The molecule has 0 spiro atoms. The predicted molar refractivity (Wildman–Crippen MR) is 233 cm³/mol. The van der Waals surface area contributed by atoms with E-state index in [4.69, 9.17) is 35.5 Å². The van der Waals surface area contributed by atoms with Gasteiger partial charge in [0.1, 0.15) is 16.9 Å². The highest BCUT2D eigenvalue weighted by atomic mass is 35.5. The third-order valence-electron chi connectivity index (χ3n) is 9.59. The Morgan fingerprint density at radius 1 is 0.767 bits per heavy atom. The van der Waals surface area contributed by atoms with Crippen molar-refractivity contribution < 1.29 is 33.3 Å². The van der Waals surface area contributed by atoms with E-state index >= 15 is 0 Å². The molecule has 3 N–H and O–H groups in total. The minimum atomic E-state index is -0.550. The number of nitrogens with one attached hydrogen (secondary N) is 3. The van der Waals surface area contributed by atoms with Crippen LogP contribution in [0.5, 0.6) is 0 Å². The van der Waals surface area contributed by atoms with E-state index in [1.807, 2.05) is 49.6 Å². The maximum Gasteiger partial charge on any atom is 0.259 e. The quantitative estimate of drug-likeness (QED) is 0.0670. The minimum absolute atomic E-state index is 0.0941. The van der Waals surface area contributed by atoms with Crippen LogP contribution in [-0.4, -0.2) is 103 Å². The van der Waals surface area contributed by atoms with Crippen molar-refractivity contribution in [3.63, 3.8) is 0 Å². The van der Waals surface area contributed by atoms with Crippen molar-refractivity contribution in [1.82, 2.24) is 25.1 Å². The molecular formula is C42H49ClN8O7S2. The number of carbonyl (C=O) groups excluding carboxylic acids is 3. The molecule has 5 aromatic rings. The maximum atomic E-state index is 13.2. The van der Waals surface area contributed by atoms with E-state index in [-0.39, 0.29) is 37.2 Å². The second-order valence-electron chi connectivity index (χ2n) is 13.9. The fraction of sp³-hybridized carbons (Fsp3) is 0.405. The number of para-hydroxylation sites is 1. The number of hydrogen-bond donors (Lipinski definition) is 3. The van der Waals surface area contributed by atoms with Gasteiger partial charge in [0.05, 0.1) is 88.4 Å². The number of halogens is 1. The van der Waals surface area contributed by atoms with E-state index in [1.165, 1.54) is 16.2 Å². The number of thiazole rings is 1. The molecule has 0 saturated carbocycles. The molecule has 15 nitrogen and oxygen atoms in total. The molecule has 0 saturated heterocycles. The van der Waals surface area contributed by atoms with Gasteiger partial charge in [-0.05, 0) is 64.4 Å². The van der Waals surface area contributed by atoms with Crippen LogP contribution in [0.3, 0.4) is 0 Å². The van der Waals surface area contributed by atoms with E-state index < -0.39 is 6.04 Å². The van der Waals surface area contributed by atoms with Gasteiger partial charge in [-0.2, -0.15) is 0 Å². The number of hydrogen-bond acceptors (Lipinski definition) is 13. The van der Waals surface area contributed by atoms with Gasteiger partial charge >= 0.3 is 0 Å². The molecule has 1 aliphatic rings. The number of amides is 3.